The molecule has 0 spiro atoms. The molecule has 0 aromatic heterocycles. The van der Waals surface area contributed by atoms with E-state index in [9.17, 15) is 18.0 Å². The van der Waals surface area contributed by atoms with E-state index in [1.165, 1.54) is 4.90 Å². The lowest BCUT2D eigenvalue weighted by molar-refractivity contribution is -0.140. The van der Waals surface area contributed by atoms with Crippen LogP contribution >= 0.6 is 0 Å². The maximum Gasteiger partial charge on any atom is 0.264 e. The van der Waals surface area contributed by atoms with Crippen molar-refractivity contribution < 1.29 is 22.7 Å². The summed E-state index contributed by atoms with van der Waals surface area (Å²) in [4.78, 5) is 30.2. The molecule has 0 aliphatic heterocycles. The highest BCUT2D eigenvalue weighted by Gasteiger charge is 2.35. The van der Waals surface area contributed by atoms with E-state index in [1.807, 2.05) is 95.3 Å². The Morgan fingerprint density at radius 1 is 0.830 bits per heavy atom. The summed E-state index contributed by atoms with van der Waals surface area (Å²) >= 11 is 0. The van der Waals surface area contributed by atoms with Crippen molar-refractivity contribution >= 4 is 27.5 Å². The molecular formula is C38H45N3O5S. The molecular weight excluding hydrogens is 611 g/mol. The zero-order chi connectivity index (χ0) is 34.1. The van der Waals surface area contributed by atoms with Crippen LogP contribution in [-0.4, -0.2) is 50.9 Å². The predicted octanol–water partition coefficient (Wildman–Crippen LogP) is 6.37. The Hall–Kier alpha value is -4.63. The number of nitrogens with zero attached hydrogens (tertiary/aromatic N) is 2. The first kappa shape index (κ1) is 35.2. The van der Waals surface area contributed by atoms with Gasteiger partial charge in [0.1, 0.15) is 18.3 Å². The third-order valence-electron chi connectivity index (χ3n) is 8.43. The predicted molar refractivity (Wildman–Crippen MR) is 187 cm³/mol. The van der Waals surface area contributed by atoms with E-state index in [0.29, 0.717) is 17.9 Å². The Bertz CT molecular complexity index is 1780. The Labute approximate surface area is 279 Å². The van der Waals surface area contributed by atoms with Crippen LogP contribution in [0.4, 0.5) is 5.69 Å². The van der Waals surface area contributed by atoms with Gasteiger partial charge >= 0.3 is 0 Å². The van der Waals surface area contributed by atoms with Gasteiger partial charge in [-0.25, -0.2) is 8.42 Å². The van der Waals surface area contributed by atoms with Gasteiger partial charge in [0.15, 0.2) is 0 Å². The molecule has 0 heterocycles. The minimum Gasteiger partial charge on any atom is -0.497 e. The van der Waals surface area contributed by atoms with E-state index in [2.05, 4.69) is 5.32 Å². The lowest BCUT2D eigenvalue weighted by Crippen LogP contribution is -2.54. The number of nitrogens with one attached hydrogen (secondary N) is 1. The largest absolute Gasteiger partial charge is 0.497 e. The Morgan fingerprint density at radius 3 is 2.15 bits per heavy atom. The summed E-state index contributed by atoms with van der Waals surface area (Å²) in [5.74, 6) is -0.210. The van der Waals surface area contributed by atoms with E-state index in [-0.39, 0.29) is 29.8 Å². The molecule has 0 bridgehead atoms. The summed E-state index contributed by atoms with van der Waals surface area (Å²) in [6, 6.07) is 27.7. The van der Waals surface area contributed by atoms with Gasteiger partial charge in [-0.15, -0.1) is 0 Å². The van der Waals surface area contributed by atoms with Crippen LogP contribution in [-0.2, 0) is 32.6 Å². The van der Waals surface area contributed by atoms with Crippen molar-refractivity contribution in [1.29, 1.82) is 0 Å². The number of carbonyl (C=O) groups is 2. The van der Waals surface area contributed by atoms with Crippen LogP contribution in [0.15, 0.2) is 102 Å². The molecule has 2 atom stereocenters. The average molecular weight is 656 g/mol. The molecule has 0 aliphatic carbocycles. The van der Waals surface area contributed by atoms with Crippen molar-refractivity contribution in [3.05, 3.63) is 125 Å². The van der Waals surface area contributed by atoms with Crippen LogP contribution in [0, 0.1) is 20.8 Å². The first-order valence-corrected chi connectivity index (χ1v) is 17.3. The molecule has 0 aliphatic rings. The maximum absolute atomic E-state index is 14.7. The molecule has 0 fully saturated rings. The third-order valence-corrected chi connectivity index (χ3v) is 10.2. The standard InChI is InChI=1S/C38H45N3O5S/c1-7-30(5)39-38(43)36(24-31-12-9-8-10-13-31)40(25-32-14-11-15-34(23-32)46-6)37(42)26-41(33-19-18-28(3)29(4)22-33)47(44,45)35-20-16-27(2)17-21-35/h8-23,30,36H,7,24-26H2,1-6H3,(H,39,43). The van der Waals surface area contributed by atoms with Crippen molar-refractivity contribution in [1.82, 2.24) is 10.2 Å². The van der Waals surface area contributed by atoms with Crippen molar-refractivity contribution in [2.24, 2.45) is 0 Å². The molecule has 0 radical (unpaired) electrons. The second-order valence-corrected chi connectivity index (χ2v) is 13.9. The summed E-state index contributed by atoms with van der Waals surface area (Å²) in [5.41, 5.74) is 4.79. The molecule has 0 saturated carbocycles. The molecule has 4 aromatic carbocycles. The molecule has 47 heavy (non-hydrogen) atoms. The molecule has 2 unspecified atom stereocenters. The second-order valence-electron chi connectivity index (χ2n) is 12.0. The number of aryl methyl sites for hydroxylation is 3. The lowest BCUT2D eigenvalue weighted by atomic mass is 10.0. The molecule has 2 amide bonds. The summed E-state index contributed by atoms with van der Waals surface area (Å²) in [7, 11) is -2.61. The molecule has 9 heteroatoms. The summed E-state index contributed by atoms with van der Waals surface area (Å²) < 4.78 is 35.2. The van der Waals surface area contributed by atoms with E-state index < -0.39 is 28.5 Å². The zero-order valence-electron chi connectivity index (χ0n) is 28.1. The minimum atomic E-state index is -4.18. The lowest BCUT2D eigenvalue weighted by Gasteiger charge is -2.34. The van der Waals surface area contributed by atoms with Gasteiger partial charge in [0.25, 0.3) is 10.0 Å². The highest BCUT2D eigenvalue weighted by Crippen LogP contribution is 2.27. The number of sulfonamides is 1. The van der Waals surface area contributed by atoms with Crippen LogP contribution in [0.1, 0.15) is 48.1 Å². The highest BCUT2D eigenvalue weighted by molar-refractivity contribution is 7.92. The van der Waals surface area contributed by atoms with Gasteiger partial charge < -0.3 is 15.0 Å². The summed E-state index contributed by atoms with van der Waals surface area (Å²) in [6.45, 7) is 9.19. The van der Waals surface area contributed by atoms with Crippen LogP contribution in [0.25, 0.3) is 0 Å². The van der Waals surface area contributed by atoms with Crippen LogP contribution in [0.3, 0.4) is 0 Å². The van der Waals surface area contributed by atoms with Gasteiger partial charge in [-0.3, -0.25) is 13.9 Å². The number of amides is 2. The van der Waals surface area contributed by atoms with Crippen molar-refractivity contribution in [2.45, 2.75) is 71.0 Å². The summed E-state index contributed by atoms with van der Waals surface area (Å²) in [5, 5.41) is 3.06. The monoisotopic (exact) mass is 655 g/mol. The number of hydrogen-bond acceptors (Lipinski definition) is 5. The maximum atomic E-state index is 14.7. The number of methoxy groups -OCH3 is 1. The van der Waals surface area contributed by atoms with Gasteiger partial charge in [0.05, 0.1) is 17.7 Å². The van der Waals surface area contributed by atoms with Gasteiger partial charge in [0, 0.05) is 19.0 Å². The van der Waals surface area contributed by atoms with Gasteiger partial charge in [-0.05, 0) is 92.8 Å². The fraction of sp³-hybridized carbons (Fsp3) is 0.316. The number of hydrogen-bond donors (Lipinski definition) is 1. The van der Waals surface area contributed by atoms with E-state index >= 15 is 0 Å². The minimum absolute atomic E-state index is 0.0623. The van der Waals surface area contributed by atoms with Crippen LogP contribution in [0.2, 0.25) is 0 Å². The molecule has 4 rings (SSSR count). The van der Waals surface area contributed by atoms with Crippen LogP contribution in [0.5, 0.6) is 5.75 Å². The Morgan fingerprint density at radius 2 is 1.51 bits per heavy atom. The van der Waals surface area contributed by atoms with Gasteiger partial charge in [-0.2, -0.15) is 0 Å². The molecule has 1 N–H and O–H groups in total. The number of anilines is 1. The van der Waals surface area contributed by atoms with E-state index in [1.54, 1.807) is 43.5 Å². The highest BCUT2D eigenvalue weighted by atomic mass is 32.2. The van der Waals surface area contributed by atoms with Gasteiger partial charge in [-0.1, -0.05) is 73.2 Å². The number of ether oxygens (including phenoxy) is 1. The molecule has 4 aromatic rings. The van der Waals surface area contributed by atoms with Crippen molar-refractivity contribution in [3.8, 4) is 5.75 Å². The Balaban J connectivity index is 1.83. The Kier molecular flexibility index (Phi) is 11.8. The molecule has 8 nitrogen and oxygen atoms in total. The van der Waals surface area contributed by atoms with Crippen LogP contribution < -0.4 is 14.4 Å². The number of benzene rings is 4. The number of carbonyl (C=O) groups excluding carboxylic acids is 2. The SMILES string of the molecule is CCC(C)NC(=O)C(Cc1ccccc1)N(Cc1cccc(OC)c1)C(=O)CN(c1ccc(C)c(C)c1)S(=O)(=O)c1ccc(C)cc1. The average Bonchev–Trinajstić information content (AvgIpc) is 3.07. The van der Waals surface area contributed by atoms with Crippen molar-refractivity contribution in [3.63, 3.8) is 0 Å². The number of rotatable bonds is 14. The first-order chi connectivity index (χ1) is 22.4. The smallest absolute Gasteiger partial charge is 0.264 e. The first-order valence-electron chi connectivity index (χ1n) is 15.9. The summed E-state index contributed by atoms with van der Waals surface area (Å²) in [6.07, 6.45) is 0.955. The third kappa shape index (κ3) is 9.01. The quantitative estimate of drug-likeness (QED) is 0.170. The van der Waals surface area contributed by atoms with Gasteiger partial charge in [0.2, 0.25) is 11.8 Å². The fourth-order valence-electron chi connectivity index (χ4n) is 5.21. The normalized spacial score (nSPS) is 12.6. The topological polar surface area (TPSA) is 96.0 Å². The van der Waals surface area contributed by atoms with Crippen molar-refractivity contribution in [2.75, 3.05) is 18.0 Å². The van der Waals surface area contributed by atoms with E-state index in [0.717, 1.165) is 32.1 Å². The molecule has 0 saturated heterocycles. The van der Waals surface area contributed by atoms with E-state index in [4.69, 9.17) is 4.74 Å². The zero-order valence-corrected chi connectivity index (χ0v) is 28.9. The fourth-order valence-corrected chi connectivity index (χ4v) is 6.62. The molecule has 248 valence electrons. The second kappa shape index (κ2) is 15.8.